The first kappa shape index (κ1) is 34.3. The zero-order chi connectivity index (χ0) is 32.2. The average Bonchev–Trinajstić information content (AvgIpc) is 3.06. The van der Waals surface area contributed by atoms with Gasteiger partial charge < -0.3 is 30.1 Å². The highest BCUT2D eigenvalue weighted by molar-refractivity contribution is 5.90. The Bertz CT molecular complexity index is 1330. The average molecular weight is 619 g/mol. The Morgan fingerprint density at radius 1 is 0.889 bits per heavy atom. The van der Waals surface area contributed by atoms with Gasteiger partial charge in [0.25, 0.3) is 0 Å². The van der Waals surface area contributed by atoms with E-state index < -0.39 is 18.4 Å². The van der Waals surface area contributed by atoms with E-state index in [2.05, 4.69) is 10.2 Å². The minimum atomic E-state index is -0.788. The molecule has 0 saturated carbocycles. The summed E-state index contributed by atoms with van der Waals surface area (Å²) in [5.74, 6) is -0.865. The fraction of sp³-hybridized carbons (Fsp3) is 0.444. The van der Waals surface area contributed by atoms with Gasteiger partial charge in [0.2, 0.25) is 5.91 Å². The molecule has 9 nitrogen and oxygen atoms in total. The molecule has 4 rings (SSSR count). The second kappa shape index (κ2) is 17.2. The van der Waals surface area contributed by atoms with Crippen molar-refractivity contribution in [2.75, 3.05) is 18.9 Å². The Labute approximate surface area is 265 Å². The van der Waals surface area contributed by atoms with Crippen molar-refractivity contribution in [1.82, 2.24) is 4.90 Å². The summed E-state index contributed by atoms with van der Waals surface area (Å²) in [4.78, 5) is 25.2. The molecule has 0 bridgehead atoms. The molecule has 1 amide bonds. The van der Waals surface area contributed by atoms with Crippen molar-refractivity contribution in [2.24, 2.45) is 0 Å². The molecule has 242 valence electrons. The monoisotopic (exact) mass is 618 g/mol. The third kappa shape index (κ3) is 10.5. The van der Waals surface area contributed by atoms with Crippen molar-refractivity contribution in [3.8, 4) is 0 Å². The van der Waals surface area contributed by atoms with E-state index in [-0.39, 0.29) is 37.2 Å². The van der Waals surface area contributed by atoms with Crippen LogP contribution >= 0.6 is 0 Å². The lowest BCUT2D eigenvalue weighted by atomic mass is 9.98. The van der Waals surface area contributed by atoms with Crippen LogP contribution in [0.5, 0.6) is 0 Å². The second-order valence-corrected chi connectivity index (χ2v) is 11.9. The first-order valence-corrected chi connectivity index (χ1v) is 15.8. The van der Waals surface area contributed by atoms with Gasteiger partial charge in [-0.15, -0.1) is 0 Å². The smallest absolute Gasteiger partial charge is 0.303 e. The maximum Gasteiger partial charge on any atom is 0.303 e. The van der Waals surface area contributed by atoms with Gasteiger partial charge >= 0.3 is 5.97 Å². The number of benzene rings is 3. The van der Waals surface area contributed by atoms with Gasteiger partial charge in [-0.1, -0.05) is 79.6 Å². The number of rotatable bonds is 16. The summed E-state index contributed by atoms with van der Waals surface area (Å²) < 4.78 is 13.0. The van der Waals surface area contributed by atoms with Gasteiger partial charge in [-0.05, 0) is 55.6 Å². The van der Waals surface area contributed by atoms with Crippen LogP contribution in [0.25, 0.3) is 0 Å². The van der Waals surface area contributed by atoms with Crippen LogP contribution in [0.3, 0.4) is 0 Å². The minimum absolute atomic E-state index is 0.0255. The van der Waals surface area contributed by atoms with Gasteiger partial charge in [0.1, 0.15) is 0 Å². The largest absolute Gasteiger partial charge is 0.481 e. The topological polar surface area (TPSA) is 129 Å². The summed E-state index contributed by atoms with van der Waals surface area (Å²) in [5.41, 5.74) is 4.21. The van der Waals surface area contributed by atoms with Crippen LogP contribution in [0.4, 0.5) is 5.69 Å². The third-order valence-electron chi connectivity index (χ3n) is 8.41. The predicted octanol–water partition coefficient (Wildman–Crippen LogP) is 6.14. The normalized spacial score (nSPS) is 19.6. The number of aliphatic carboxylic acids is 1. The van der Waals surface area contributed by atoms with E-state index in [0.29, 0.717) is 37.9 Å². The summed E-state index contributed by atoms with van der Waals surface area (Å²) in [6, 6.07) is 24.7. The molecule has 45 heavy (non-hydrogen) atoms. The molecule has 3 aromatic carbocycles. The predicted molar refractivity (Wildman–Crippen MR) is 172 cm³/mol. The molecule has 0 radical (unpaired) electrons. The number of carboxylic acid groups (broad SMARTS) is 1. The lowest BCUT2D eigenvalue weighted by Crippen LogP contribution is -2.43. The maximum absolute atomic E-state index is 12.4. The number of carbonyl (C=O) groups excluding carboxylic acids is 1. The number of unbranched alkanes of at least 4 members (excludes halogenated alkanes) is 3. The maximum atomic E-state index is 12.4. The number of hydrogen-bond acceptors (Lipinski definition) is 7. The molecule has 0 aliphatic carbocycles. The van der Waals surface area contributed by atoms with Gasteiger partial charge in [-0.2, -0.15) is 0 Å². The van der Waals surface area contributed by atoms with Gasteiger partial charge in [0.15, 0.2) is 6.29 Å². The molecule has 0 spiro atoms. The highest BCUT2D eigenvalue weighted by atomic mass is 16.7. The Morgan fingerprint density at radius 2 is 1.53 bits per heavy atom. The van der Waals surface area contributed by atoms with Crippen molar-refractivity contribution in [1.29, 1.82) is 0 Å². The van der Waals surface area contributed by atoms with E-state index >= 15 is 0 Å². The van der Waals surface area contributed by atoms with Crippen molar-refractivity contribution in [2.45, 2.75) is 89.1 Å². The van der Waals surface area contributed by atoms with Crippen LogP contribution in [0.2, 0.25) is 0 Å². The number of anilines is 1. The summed E-state index contributed by atoms with van der Waals surface area (Å²) >= 11 is 0. The number of nitrogens with one attached hydrogen (secondary N) is 1. The summed E-state index contributed by atoms with van der Waals surface area (Å²) in [6.07, 6.45) is 2.43. The highest BCUT2D eigenvalue weighted by Gasteiger charge is 2.34. The standard InChI is InChI=1S/C36H46N2O7/c1-25(35(43)28-10-6-5-7-11-28)38(2)23-31-22-32(27-16-14-26(24-39)15-17-27)45-36(44-31)29-18-20-30(21-19-29)37-33(40)12-8-3-4-9-13-34(41)42/h5-7,10-11,14-21,25,31-32,35-36,39,43H,3-4,8-9,12-13,22-24H2,1-2H3,(H,37,40)(H,41,42)/t25-,31+,32-,35-,36-/m1/s1. The van der Waals surface area contributed by atoms with E-state index in [1.54, 1.807) is 0 Å². The molecule has 0 aromatic heterocycles. The quantitative estimate of drug-likeness (QED) is 0.141. The van der Waals surface area contributed by atoms with Crippen LogP contribution < -0.4 is 5.32 Å². The van der Waals surface area contributed by atoms with Gasteiger partial charge in [-0.3, -0.25) is 14.5 Å². The first-order chi connectivity index (χ1) is 21.7. The van der Waals surface area contributed by atoms with E-state index in [4.69, 9.17) is 14.6 Å². The number of carbonyl (C=O) groups is 2. The van der Waals surface area contributed by atoms with E-state index in [1.807, 2.05) is 92.8 Å². The third-order valence-corrected chi connectivity index (χ3v) is 8.41. The summed E-state index contributed by atoms with van der Waals surface area (Å²) in [5, 5.41) is 32.2. The lowest BCUT2D eigenvalue weighted by Gasteiger charge is -2.39. The van der Waals surface area contributed by atoms with Crippen molar-refractivity contribution >= 4 is 17.6 Å². The van der Waals surface area contributed by atoms with Crippen LogP contribution in [-0.4, -0.2) is 57.8 Å². The molecule has 4 N–H and O–H groups in total. The lowest BCUT2D eigenvalue weighted by molar-refractivity contribution is -0.253. The molecule has 1 fully saturated rings. The molecule has 0 unspecified atom stereocenters. The Balaban J connectivity index is 1.39. The number of carboxylic acids is 1. The molecule has 9 heteroatoms. The Hall–Kier alpha value is -3.60. The number of hydrogen-bond donors (Lipinski definition) is 4. The number of nitrogens with zero attached hydrogens (tertiary/aromatic N) is 1. The molecular weight excluding hydrogens is 572 g/mol. The number of aliphatic hydroxyl groups excluding tert-OH is 2. The number of amides is 1. The minimum Gasteiger partial charge on any atom is -0.481 e. The molecule has 1 saturated heterocycles. The summed E-state index contributed by atoms with van der Waals surface area (Å²) in [6.45, 7) is 2.56. The Kier molecular flexibility index (Phi) is 13.1. The van der Waals surface area contributed by atoms with Crippen LogP contribution in [0.1, 0.15) is 92.6 Å². The number of likely N-dealkylation sites (N-methyl/N-ethyl adjacent to an activating group) is 1. The van der Waals surface area contributed by atoms with Crippen LogP contribution in [0, 0.1) is 0 Å². The molecule has 1 aliphatic heterocycles. The molecule has 1 heterocycles. The highest BCUT2D eigenvalue weighted by Crippen LogP contribution is 2.38. The van der Waals surface area contributed by atoms with Crippen molar-refractivity contribution < 1.29 is 34.4 Å². The molecule has 5 atom stereocenters. The second-order valence-electron chi connectivity index (χ2n) is 11.9. The van der Waals surface area contributed by atoms with Crippen LogP contribution in [0.15, 0.2) is 78.9 Å². The molecular formula is C36H46N2O7. The van der Waals surface area contributed by atoms with Gasteiger partial charge in [0.05, 0.1) is 24.9 Å². The fourth-order valence-electron chi connectivity index (χ4n) is 5.55. The molecule has 3 aromatic rings. The molecule has 1 aliphatic rings. The van der Waals surface area contributed by atoms with Crippen molar-refractivity contribution in [3.63, 3.8) is 0 Å². The van der Waals surface area contributed by atoms with Gasteiger partial charge in [0, 0.05) is 43.1 Å². The van der Waals surface area contributed by atoms with E-state index in [9.17, 15) is 19.8 Å². The zero-order valence-corrected chi connectivity index (χ0v) is 26.2. The Morgan fingerprint density at radius 3 is 2.18 bits per heavy atom. The fourth-order valence-corrected chi connectivity index (χ4v) is 5.55. The first-order valence-electron chi connectivity index (χ1n) is 15.8. The summed E-state index contributed by atoms with van der Waals surface area (Å²) in [7, 11) is 1.99. The van der Waals surface area contributed by atoms with Crippen LogP contribution in [-0.2, 0) is 25.7 Å². The number of ether oxygens (including phenoxy) is 2. The zero-order valence-electron chi connectivity index (χ0n) is 26.2. The van der Waals surface area contributed by atoms with Gasteiger partial charge in [-0.25, -0.2) is 0 Å². The van der Waals surface area contributed by atoms with E-state index in [1.165, 1.54) is 0 Å². The SMILES string of the molecule is C[C@H]([C@@H](O)c1ccccc1)N(C)C[C@@H]1C[C@H](c2ccc(CO)cc2)O[C@H](c2ccc(NC(=O)CCCCCCC(=O)O)cc2)O1. The number of aliphatic hydroxyl groups is 2. The van der Waals surface area contributed by atoms with Crippen molar-refractivity contribution in [3.05, 3.63) is 101 Å². The van der Waals surface area contributed by atoms with E-state index in [0.717, 1.165) is 35.1 Å².